The number of hydrogen-bond acceptors (Lipinski definition) is 9. The molecule has 1 aromatic rings. The Kier molecular flexibility index (Phi) is 6.65. The quantitative estimate of drug-likeness (QED) is 0.356. The van der Waals surface area contributed by atoms with Gasteiger partial charge in [-0.05, 0) is 38.1 Å². The van der Waals surface area contributed by atoms with E-state index in [2.05, 4.69) is 0 Å². The molecule has 0 saturated heterocycles. The van der Waals surface area contributed by atoms with Gasteiger partial charge in [0.05, 0.1) is 36.2 Å². The van der Waals surface area contributed by atoms with Crippen molar-refractivity contribution in [1.29, 1.82) is 0 Å². The first-order valence-electron chi connectivity index (χ1n) is 12.2. The number of rotatable bonds is 6. The Morgan fingerprint density at radius 3 is 2.42 bits per heavy atom. The molecule has 1 amide bonds. The van der Waals surface area contributed by atoms with E-state index < -0.39 is 76.4 Å². The topological polar surface area (TPSA) is 164 Å². The largest absolute Gasteiger partial charge is 0.493 e. The highest BCUT2D eigenvalue weighted by molar-refractivity contribution is 6.32. The number of amides is 1. The fourth-order valence-corrected chi connectivity index (χ4v) is 6.38. The van der Waals surface area contributed by atoms with Crippen LogP contribution < -0.4 is 10.5 Å². The molecule has 0 heterocycles. The van der Waals surface area contributed by atoms with Crippen LogP contribution in [0.4, 0.5) is 0 Å². The number of aliphatic hydroxyl groups excluding tert-OH is 1. The van der Waals surface area contributed by atoms with Crippen LogP contribution in [0.25, 0.3) is 0 Å². The average molecular weight is 501 g/mol. The second kappa shape index (κ2) is 9.17. The first-order valence-corrected chi connectivity index (χ1v) is 12.2. The van der Waals surface area contributed by atoms with Gasteiger partial charge < -0.3 is 20.7 Å². The molecule has 10 heteroatoms. The summed E-state index contributed by atoms with van der Waals surface area (Å²) in [5, 5.41) is 23.2. The summed E-state index contributed by atoms with van der Waals surface area (Å²) >= 11 is 0. The number of carbonyl (C=O) groups is 5. The van der Waals surface area contributed by atoms with Crippen LogP contribution in [0.2, 0.25) is 0 Å². The van der Waals surface area contributed by atoms with Crippen molar-refractivity contribution in [3.8, 4) is 5.75 Å². The number of ether oxygens (including phenoxy) is 1. The van der Waals surface area contributed by atoms with E-state index in [9.17, 15) is 34.2 Å². The summed E-state index contributed by atoms with van der Waals surface area (Å²) in [6, 6.07) is 3.72. The third kappa shape index (κ3) is 3.46. The number of likely N-dealkylation sites (N-methyl/N-ethyl adjacent to an activating group) is 1. The van der Waals surface area contributed by atoms with Gasteiger partial charge in [0.1, 0.15) is 5.75 Å². The molecule has 0 radical (unpaired) electrons. The van der Waals surface area contributed by atoms with Crippen molar-refractivity contribution in [1.82, 2.24) is 4.90 Å². The fraction of sp³-hybridized carbons (Fsp3) is 0.577. The van der Waals surface area contributed by atoms with E-state index >= 15 is 0 Å². The van der Waals surface area contributed by atoms with Gasteiger partial charge in [-0.3, -0.25) is 28.9 Å². The predicted octanol–water partition coefficient (Wildman–Crippen LogP) is -0.128. The lowest BCUT2D eigenvalue weighted by atomic mass is 9.49. The maximum atomic E-state index is 13.9. The van der Waals surface area contributed by atoms with Crippen molar-refractivity contribution < 1.29 is 38.9 Å². The second-order valence-corrected chi connectivity index (χ2v) is 10.3. The molecule has 1 aromatic carbocycles. The molecule has 3 aliphatic carbocycles. The van der Waals surface area contributed by atoms with Crippen molar-refractivity contribution in [2.24, 2.45) is 29.4 Å². The summed E-state index contributed by atoms with van der Waals surface area (Å²) in [4.78, 5) is 67.7. The molecular formula is C26H32N2O8. The minimum absolute atomic E-state index is 0.180. The molecule has 2 fully saturated rings. The maximum absolute atomic E-state index is 13.9. The van der Waals surface area contributed by atoms with Crippen molar-refractivity contribution >= 4 is 29.0 Å². The Morgan fingerprint density at radius 1 is 1.17 bits per heavy atom. The molecule has 4 unspecified atom stereocenters. The summed E-state index contributed by atoms with van der Waals surface area (Å²) in [7, 11) is 2.95. The number of carbonyl (C=O) groups excluding carboxylic acids is 5. The van der Waals surface area contributed by atoms with E-state index in [0.717, 1.165) is 12.8 Å². The van der Waals surface area contributed by atoms with Crippen molar-refractivity contribution in [2.75, 3.05) is 20.7 Å². The zero-order valence-corrected chi connectivity index (χ0v) is 20.8. The first kappa shape index (κ1) is 26.1. The minimum atomic E-state index is -2.94. The summed E-state index contributed by atoms with van der Waals surface area (Å²) in [5.41, 5.74) is 3.15. The summed E-state index contributed by atoms with van der Waals surface area (Å²) in [5.74, 6) is -11.8. The number of Topliss-reactive ketones (excluding diaryl/α,β-unsaturated/α-hetero) is 4. The van der Waals surface area contributed by atoms with E-state index in [1.165, 1.54) is 19.0 Å². The van der Waals surface area contributed by atoms with Gasteiger partial charge in [-0.2, -0.15) is 0 Å². The van der Waals surface area contributed by atoms with Crippen LogP contribution in [0.5, 0.6) is 5.75 Å². The van der Waals surface area contributed by atoms with Gasteiger partial charge in [0.15, 0.2) is 34.7 Å². The molecule has 0 aromatic heterocycles. The number of fused-ring (bicyclic) bond motifs is 3. The zero-order valence-electron chi connectivity index (χ0n) is 20.8. The Bertz CT molecular complexity index is 1150. The molecule has 3 aliphatic rings. The minimum Gasteiger partial charge on any atom is -0.493 e. The smallest absolute Gasteiger partial charge is 0.235 e. The third-order valence-corrected chi connectivity index (χ3v) is 8.09. The Balaban J connectivity index is 1.89. The molecule has 2 saturated carbocycles. The molecule has 0 spiro atoms. The van der Waals surface area contributed by atoms with Crippen LogP contribution in [0.15, 0.2) is 18.2 Å². The molecule has 8 atom stereocenters. The van der Waals surface area contributed by atoms with Gasteiger partial charge in [-0.1, -0.05) is 32.4 Å². The van der Waals surface area contributed by atoms with Crippen LogP contribution in [0, 0.1) is 23.7 Å². The van der Waals surface area contributed by atoms with Crippen LogP contribution in [0.1, 0.15) is 48.5 Å². The summed E-state index contributed by atoms with van der Waals surface area (Å²) < 4.78 is 5.83. The Labute approximate surface area is 208 Å². The third-order valence-electron chi connectivity index (χ3n) is 8.09. The Hall–Kier alpha value is -2.95. The molecule has 194 valence electrons. The highest BCUT2D eigenvalue weighted by Crippen LogP contribution is 2.54. The van der Waals surface area contributed by atoms with Gasteiger partial charge in [0.2, 0.25) is 5.91 Å². The molecule has 10 nitrogen and oxygen atoms in total. The lowest BCUT2D eigenvalue weighted by molar-refractivity contribution is -0.196. The van der Waals surface area contributed by atoms with E-state index in [-0.39, 0.29) is 5.56 Å². The number of ketones is 4. The lowest BCUT2D eigenvalue weighted by Crippen LogP contribution is -2.77. The number of nitrogens with zero attached hydrogens (tertiary/aromatic N) is 1. The highest BCUT2D eigenvalue weighted by Gasteiger charge is 2.72. The van der Waals surface area contributed by atoms with Gasteiger partial charge >= 0.3 is 0 Å². The molecule has 0 aliphatic heterocycles. The standard InChI is InChI=1S/C26H32N2O8/c1-5-6-10-36-13-9-7-8-12-11(2)14-16(20(29)15(12)13)23(32)26(35)18(21(14)30)19(28(3)4)22(31)17(24(26)33)25(27)34/h7-9,11,14,16-19,21,30,35H,5-6,10H2,1-4H3,(H2,27,34)/t11-,14?,16?,17?,18?,19-,21-,26-/m0/s1. The summed E-state index contributed by atoms with van der Waals surface area (Å²) in [6.45, 7) is 4.10. The van der Waals surface area contributed by atoms with Gasteiger partial charge in [0, 0.05) is 5.92 Å². The number of nitrogens with two attached hydrogens (primary N) is 1. The number of hydrogen-bond donors (Lipinski definition) is 3. The van der Waals surface area contributed by atoms with Crippen molar-refractivity contribution in [3.63, 3.8) is 0 Å². The van der Waals surface area contributed by atoms with Gasteiger partial charge in [-0.15, -0.1) is 0 Å². The maximum Gasteiger partial charge on any atom is 0.235 e. The monoisotopic (exact) mass is 500 g/mol. The number of unbranched alkanes of at least 4 members (excludes halogenated alkanes) is 1. The number of benzene rings is 1. The molecular weight excluding hydrogens is 468 g/mol. The van der Waals surface area contributed by atoms with Crippen LogP contribution >= 0.6 is 0 Å². The number of aliphatic hydroxyl groups is 2. The van der Waals surface area contributed by atoms with E-state index in [1.807, 2.05) is 6.92 Å². The zero-order chi connectivity index (χ0) is 26.7. The van der Waals surface area contributed by atoms with Crippen LogP contribution in [-0.2, 0) is 19.2 Å². The molecule has 4 rings (SSSR count). The van der Waals surface area contributed by atoms with E-state index in [1.54, 1.807) is 25.1 Å². The lowest BCUT2D eigenvalue weighted by Gasteiger charge is -2.56. The van der Waals surface area contributed by atoms with E-state index in [4.69, 9.17) is 10.5 Å². The Morgan fingerprint density at radius 2 is 1.83 bits per heavy atom. The fourth-order valence-electron chi connectivity index (χ4n) is 6.38. The first-order chi connectivity index (χ1) is 16.9. The van der Waals surface area contributed by atoms with Gasteiger partial charge in [-0.25, -0.2) is 0 Å². The van der Waals surface area contributed by atoms with Crippen LogP contribution in [0.3, 0.4) is 0 Å². The van der Waals surface area contributed by atoms with Crippen LogP contribution in [-0.4, -0.2) is 82.6 Å². The number of primary amides is 1. The molecule has 4 N–H and O–H groups in total. The van der Waals surface area contributed by atoms with E-state index in [0.29, 0.717) is 17.9 Å². The molecule has 0 bridgehead atoms. The average Bonchev–Trinajstić information content (AvgIpc) is 2.81. The predicted molar refractivity (Wildman–Crippen MR) is 126 cm³/mol. The highest BCUT2D eigenvalue weighted by atomic mass is 16.5. The SMILES string of the molecule is CCCCOc1cccc2c1C(=O)C1C(=O)[C@]3(O)C(=O)C(C(N)=O)C(=O)[C@@H](N(C)C)C3[C@@H](O)C1[C@H]2C. The van der Waals surface area contributed by atoms with Gasteiger partial charge in [0.25, 0.3) is 0 Å². The second-order valence-electron chi connectivity index (χ2n) is 10.3. The van der Waals surface area contributed by atoms with Crippen molar-refractivity contribution in [2.45, 2.75) is 50.4 Å². The normalized spacial score (nSPS) is 35.8. The molecule has 36 heavy (non-hydrogen) atoms. The summed E-state index contributed by atoms with van der Waals surface area (Å²) in [6.07, 6.45) is 0.0446. The van der Waals surface area contributed by atoms with Crippen molar-refractivity contribution in [3.05, 3.63) is 29.3 Å².